The van der Waals surface area contributed by atoms with E-state index in [2.05, 4.69) is 15.8 Å². The monoisotopic (exact) mass is 357 g/mol. The number of hydrogen-bond acceptors (Lipinski definition) is 4. The van der Waals surface area contributed by atoms with E-state index in [1.165, 1.54) is 18.2 Å². The summed E-state index contributed by atoms with van der Waals surface area (Å²) in [4.78, 5) is 23.8. The van der Waals surface area contributed by atoms with E-state index in [0.29, 0.717) is 12.3 Å². The molecule has 0 aliphatic rings. The smallest absolute Gasteiger partial charge is 0.271 e. The molecule has 2 aromatic rings. The second kappa shape index (κ2) is 9.31. The van der Waals surface area contributed by atoms with Gasteiger partial charge in [-0.1, -0.05) is 18.2 Å². The lowest BCUT2D eigenvalue weighted by atomic mass is 10.2. The summed E-state index contributed by atoms with van der Waals surface area (Å²) >= 11 is 0. The minimum atomic E-state index is -0.539. The van der Waals surface area contributed by atoms with Gasteiger partial charge in [-0.05, 0) is 42.8 Å². The fourth-order valence-electron chi connectivity index (χ4n) is 2.12. The van der Waals surface area contributed by atoms with Gasteiger partial charge in [0.25, 0.3) is 5.91 Å². The van der Waals surface area contributed by atoms with E-state index in [4.69, 9.17) is 4.74 Å². The Morgan fingerprint density at radius 3 is 2.54 bits per heavy atom. The lowest BCUT2D eigenvalue weighted by Gasteiger charge is -2.07. The van der Waals surface area contributed by atoms with Crippen molar-refractivity contribution >= 4 is 17.5 Å². The van der Waals surface area contributed by atoms with Gasteiger partial charge >= 0.3 is 0 Å². The van der Waals surface area contributed by atoms with Crippen LogP contribution in [0.4, 0.5) is 4.39 Å². The maximum atomic E-state index is 13.1. The number of ether oxygens (including phenoxy) is 1. The van der Waals surface area contributed by atoms with Gasteiger partial charge in [0.05, 0.1) is 13.5 Å². The predicted octanol–water partition coefficient (Wildman–Crippen LogP) is 2.65. The minimum Gasteiger partial charge on any atom is -0.497 e. The van der Waals surface area contributed by atoms with Gasteiger partial charge in [0, 0.05) is 17.8 Å². The van der Waals surface area contributed by atoms with Gasteiger partial charge in [0.2, 0.25) is 5.91 Å². The lowest BCUT2D eigenvalue weighted by Crippen LogP contribution is -2.26. The van der Waals surface area contributed by atoms with Crippen LogP contribution in [0.25, 0.3) is 0 Å². The maximum Gasteiger partial charge on any atom is 0.271 e. The molecule has 2 aromatic carbocycles. The summed E-state index contributed by atoms with van der Waals surface area (Å²) in [7, 11) is 1.59. The zero-order valence-electron chi connectivity index (χ0n) is 14.6. The van der Waals surface area contributed by atoms with E-state index >= 15 is 0 Å². The van der Waals surface area contributed by atoms with Crippen molar-refractivity contribution < 1.29 is 18.7 Å². The molecule has 0 saturated heterocycles. The third kappa shape index (κ3) is 6.01. The van der Waals surface area contributed by atoms with E-state index in [1.54, 1.807) is 14.0 Å². The van der Waals surface area contributed by atoms with Gasteiger partial charge < -0.3 is 10.1 Å². The number of nitrogens with one attached hydrogen (secondary N) is 2. The maximum absolute atomic E-state index is 13.1. The summed E-state index contributed by atoms with van der Waals surface area (Å²) in [5.74, 6) is -0.516. The van der Waals surface area contributed by atoms with Crippen LogP contribution in [0.15, 0.2) is 53.6 Å². The zero-order valence-corrected chi connectivity index (χ0v) is 14.6. The number of methoxy groups -OCH3 is 1. The Kier molecular flexibility index (Phi) is 6.84. The SMILES string of the molecule is COc1ccc(CNC(=O)C/C(C)=N\NC(=O)c2cccc(F)c2)cc1. The summed E-state index contributed by atoms with van der Waals surface area (Å²) in [5, 5.41) is 6.64. The summed E-state index contributed by atoms with van der Waals surface area (Å²) in [5.41, 5.74) is 3.83. The first-order valence-electron chi connectivity index (χ1n) is 7.96. The van der Waals surface area contributed by atoms with E-state index < -0.39 is 11.7 Å². The van der Waals surface area contributed by atoms with Gasteiger partial charge in [-0.25, -0.2) is 9.82 Å². The van der Waals surface area contributed by atoms with Crippen LogP contribution in [0, 0.1) is 5.82 Å². The summed E-state index contributed by atoms with van der Waals surface area (Å²) in [6, 6.07) is 12.6. The quantitative estimate of drug-likeness (QED) is 0.591. The first kappa shape index (κ1) is 19.1. The number of benzene rings is 2. The summed E-state index contributed by atoms with van der Waals surface area (Å²) in [6.07, 6.45) is 0.0413. The Labute approximate surface area is 151 Å². The lowest BCUT2D eigenvalue weighted by molar-refractivity contribution is -0.120. The standard InChI is InChI=1S/C19H20FN3O3/c1-13(22-23-19(25)15-4-3-5-16(20)11-15)10-18(24)21-12-14-6-8-17(26-2)9-7-14/h3-9,11H,10,12H2,1-2H3,(H,21,24)(H,23,25)/b22-13-. The largest absolute Gasteiger partial charge is 0.497 e. The van der Waals surface area contributed by atoms with Crippen molar-refractivity contribution in [3.63, 3.8) is 0 Å². The number of carbonyl (C=O) groups is 2. The Morgan fingerprint density at radius 2 is 1.88 bits per heavy atom. The number of hydrogen-bond donors (Lipinski definition) is 2. The average molecular weight is 357 g/mol. The van der Waals surface area contributed by atoms with Gasteiger partial charge in [0.1, 0.15) is 11.6 Å². The van der Waals surface area contributed by atoms with Crippen LogP contribution in [0.2, 0.25) is 0 Å². The Hall–Kier alpha value is -3.22. The number of amides is 2. The molecule has 2 rings (SSSR count). The third-order valence-corrected chi connectivity index (χ3v) is 3.50. The number of rotatable bonds is 7. The molecule has 0 unspecified atom stereocenters. The molecular formula is C19H20FN3O3. The highest BCUT2D eigenvalue weighted by atomic mass is 19.1. The van der Waals surface area contributed by atoms with Crippen molar-refractivity contribution in [3.8, 4) is 5.75 Å². The van der Waals surface area contributed by atoms with Crippen LogP contribution in [0.1, 0.15) is 29.3 Å². The minimum absolute atomic E-state index is 0.0413. The molecule has 0 bridgehead atoms. The van der Waals surface area contributed by atoms with Gasteiger partial charge in [-0.3, -0.25) is 9.59 Å². The predicted molar refractivity (Wildman–Crippen MR) is 96.4 cm³/mol. The molecular weight excluding hydrogens is 337 g/mol. The van der Waals surface area contributed by atoms with Gasteiger partial charge in [-0.2, -0.15) is 5.10 Å². The molecule has 0 heterocycles. The van der Waals surface area contributed by atoms with Crippen molar-refractivity contribution in [3.05, 3.63) is 65.5 Å². The number of carbonyl (C=O) groups excluding carboxylic acids is 2. The molecule has 0 saturated carbocycles. The van der Waals surface area contributed by atoms with Crippen molar-refractivity contribution in [1.29, 1.82) is 0 Å². The normalized spacial score (nSPS) is 11.0. The van der Waals surface area contributed by atoms with Crippen molar-refractivity contribution in [2.45, 2.75) is 19.9 Å². The average Bonchev–Trinajstić information content (AvgIpc) is 2.65. The molecule has 2 amide bonds. The second-order valence-electron chi connectivity index (χ2n) is 5.60. The summed E-state index contributed by atoms with van der Waals surface area (Å²) < 4.78 is 18.2. The fourth-order valence-corrected chi connectivity index (χ4v) is 2.12. The highest BCUT2D eigenvalue weighted by Gasteiger charge is 2.07. The van der Waals surface area contributed by atoms with E-state index in [0.717, 1.165) is 17.4 Å². The molecule has 0 radical (unpaired) electrons. The molecule has 0 aliphatic carbocycles. The molecule has 2 N–H and O–H groups in total. The molecule has 26 heavy (non-hydrogen) atoms. The number of nitrogens with zero attached hydrogens (tertiary/aromatic N) is 1. The Balaban J connectivity index is 1.80. The molecule has 0 fully saturated rings. The van der Waals surface area contributed by atoms with Crippen molar-refractivity contribution in [1.82, 2.24) is 10.7 Å². The second-order valence-corrected chi connectivity index (χ2v) is 5.60. The highest BCUT2D eigenvalue weighted by molar-refractivity contribution is 6.01. The van der Waals surface area contributed by atoms with Crippen LogP contribution in [-0.4, -0.2) is 24.6 Å². The van der Waals surface area contributed by atoms with Crippen LogP contribution in [-0.2, 0) is 11.3 Å². The molecule has 0 spiro atoms. The Bertz CT molecular complexity index is 804. The van der Waals surface area contributed by atoms with Crippen molar-refractivity contribution in [2.75, 3.05) is 7.11 Å². The van der Waals surface area contributed by atoms with E-state index in [1.807, 2.05) is 24.3 Å². The first-order chi connectivity index (χ1) is 12.5. The molecule has 7 heteroatoms. The fraction of sp³-hybridized carbons (Fsp3) is 0.211. The Morgan fingerprint density at radius 1 is 1.15 bits per heavy atom. The first-order valence-corrected chi connectivity index (χ1v) is 7.96. The topological polar surface area (TPSA) is 79.8 Å². The third-order valence-electron chi connectivity index (χ3n) is 3.50. The zero-order chi connectivity index (χ0) is 18.9. The number of hydrazone groups is 1. The van der Waals surface area contributed by atoms with Crippen LogP contribution >= 0.6 is 0 Å². The van der Waals surface area contributed by atoms with Gasteiger partial charge in [-0.15, -0.1) is 0 Å². The molecule has 6 nitrogen and oxygen atoms in total. The molecule has 0 aromatic heterocycles. The van der Waals surface area contributed by atoms with Crippen LogP contribution in [0.3, 0.4) is 0 Å². The molecule has 0 aliphatic heterocycles. The van der Waals surface area contributed by atoms with Gasteiger partial charge in [0.15, 0.2) is 0 Å². The van der Waals surface area contributed by atoms with Crippen LogP contribution in [0.5, 0.6) is 5.75 Å². The van der Waals surface area contributed by atoms with E-state index in [9.17, 15) is 14.0 Å². The van der Waals surface area contributed by atoms with Crippen LogP contribution < -0.4 is 15.5 Å². The van der Waals surface area contributed by atoms with E-state index in [-0.39, 0.29) is 17.9 Å². The highest BCUT2D eigenvalue weighted by Crippen LogP contribution is 2.11. The van der Waals surface area contributed by atoms with Crippen molar-refractivity contribution in [2.24, 2.45) is 5.10 Å². The summed E-state index contributed by atoms with van der Waals surface area (Å²) in [6.45, 7) is 2.00. The molecule has 136 valence electrons. The molecule has 0 atom stereocenters. The number of halogens is 1.